The van der Waals surface area contributed by atoms with E-state index >= 15 is 0 Å². The molecule has 4 aliphatic carbocycles. The van der Waals surface area contributed by atoms with E-state index in [4.69, 9.17) is 71.1 Å². The Morgan fingerprint density at radius 2 is 0.887 bits per heavy atom. The SMILES string of the molecule is CC(CCC1(O)OC2CC3C4CC=C5CC(OC6OC(CO)C(O)C(OC7OC(CO)C(O)C(O)C7O)C6OC6OC(COC7OC(C)C(OC8OC(C)C(OC9OC(CO)C(O)C(O)C9O)C(O)C8O)C(O)C7O)C(O)C(O)C6O)CCC5(C)C4CCC3(C)C2C1C)COC1OC(CO)C(O)C(O)C1O. The number of allylic oxidation sites excluding steroid dienone is 1. The van der Waals surface area contributed by atoms with Crippen molar-refractivity contribution in [1.29, 1.82) is 0 Å². The molecule has 46 atom stereocenters. The molecule has 0 radical (unpaired) electrons. The number of hydrogen-bond acceptors (Lipinski definition) is 37. The van der Waals surface area contributed by atoms with E-state index in [0.29, 0.717) is 32.1 Å². The van der Waals surface area contributed by atoms with Crippen LogP contribution in [0.25, 0.3) is 0 Å². The van der Waals surface area contributed by atoms with E-state index < -0.39 is 260 Å². The van der Waals surface area contributed by atoms with Crippen LogP contribution in [0.2, 0.25) is 0 Å². The van der Waals surface area contributed by atoms with Crippen LogP contribution in [0.15, 0.2) is 11.6 Å². The van der Waals surface area contributed by atoms with E-state index in [-0.39, 0.29) is 59.0 Å². The van der Waals surface area contributed by atoms with Crippen molar-refractivity contribution in [3.05, 3.63) is 11.6 Å². The first-order valence-electron chi connectivity index (χ1n) is 37.3. The normalized spacial score (nSPS) is 55.1. The summed E-state index contributed by atoms with van der Waals surface area (Å²) in [5.74, 6) is -0.925. The van der Waals surface area contributed by atoms with E-state index in [9.17, 15) is 112 Å². The molecule has 11 fully saturated rings. The van der Waals surface area contributed by atoms with Crippen molar-refractivity contribution in [3.8, 4) is 0 Å². The predicted molar refractivity (Wildman–Crippen MR) is 347 cm³/mol. The summed E-state index contributed by atoms with van der Waals surface area (Å²) in [6, 6.07) is 0. The lowest BCUT2D eigenvalue weighted by Crippen LogP contribution is -2.67. The molecule has 37 heteroatoms. The fourth-order valence-electron chi connectivity index (χ4n) is 19.3. The first-order valence-corrected chi connectivity index (χ1v) is 37.3. The zero-order chi connectivity index (χ0) is 76.8. The van der Waals surface area contributed by atoms with Crippen LogP contribution in [-0.4, -0.2) is 385 Å². The van der Waals surface area contributed by atoms with Gasteiger partial charge in [0.1, 0.15) is 159 Å². The lowest BCUT2D eigenvalue weighted by molar-refractivity contribution is -0.398. The Morgan fingerprint density at radius 3 is 1.43 bits per heavy atom. The highest BCUT2D eigenvalue weighted by Crippen LogP contribution is 2.70. The lowest BCUT2D eigenvalue weighted by atomic mass is 9.47. The molecule has 0 amide bonds. The fourth-order valence-corrected chi connectivity index (χ4v) is 19.3. The third-order valence-electron chi connectivity index (χ3n) is 25.8. The van der Waals surface area contributed by atoms with Crippen LogP contribution in [0.1, 0.15) is 99.3 Å². The molecule has 8 aliphatic heterocycles. The molecule has 106 heavy (non-hydrogen) atoms. The molecule has 12 rings (SSSR count). The van der Waals surface area contributed by atoms with Crippen LogP contribution >= 0.6 is 0 Å². The number of fused-ring (bicyclic) bond motifs is 7. The summed E-state index contributed by atoms with van der Waals surface area (Å²) in [6.07, 6.45) is -53.0. The van der Waals surface area contributed by atoms with E-state index in [2.05, 4.69) is 26.8 Å². The van der Waals surface area contributed by atoms with E-state index in [0.717, 1.165) is 31.3 Å². The minimum absolute atomic E-state index is 0.0605. The van der Waals surface area contributed by atoms with Gasteiger partial charge < -0.3 is 183 Å². The topological polar surface area (TPSA) is 584 Å². The van der Waals surface area contributed by atoms with E-state index in [1.165, 1.54) is 13.8 Å². The zero-order valence-corrected chi connectivity index (χ0v) is 60.0. The smallest absolute Gasteiger partial charge is 0.187 e. The maximum Gasteiger partial charge on any atom is 0.187 e. The Hall–Kier alpha value is -1.74. The second kappa shape index (κ2) is 33.6. The van der Waals surface area contributed by atoms with Crippen LogP contribution in [0.3, 0.4) is 0 Å². The van der Waals surface area contributed by atoms with Crippen LogP contribution < -0.4 is 0 Å². The largest absolute Gasteiger partial charge is 0.394 e. The van der Waals surface area contributed by atoms with Crippen molar-refractivity contribution in [2.45, 2.75) is 332 Å². The lowest BCUT2D eigenvalue weighted by Gasteiger charge is -2.58. The summed E-state index contributed by atoms with van der Waals surface area (Å²) in [5.41, 5.74) is 0.666. The van der Waals surface area contributed by atoms with Gasteiger partial charge in [-0.25, -0.2) is 0 Å². The molecule has 22 N–H and O–H groups in total. The highest BCUT2D eigenvalue weighted by atomic mass is 16.8. The molecule has 0 aromatic heterocycles. The monoisotopic (exact) mass is 1530 g/mol. The number of rotatable bonds is 23. The molecule has 37 nitrogen and oxygen atoms in total. The Kier molecular flexibility index (Phi) is 26.5. The molecule has 0 aromatic carbocycles. The van der Waals surface area contributed by atoms with Crippen molar-refractivity contribution in [2.75, 3.05) is 39.6 Å². The van der Waals surface area contributed by atoms with Crippen molar-refractivity contribution < 1.29 is 183 Å². The van der Waals surface area contributed by atoms with Crippen LogP contribution in [0.4, 0.5) is 0 Å². The number of aliphatic hydroxyl groups is 22. The Bertz CT molecular complexity index is 2870. The summed E-state index contributed by atoms with van der Waals surface area (Å²) >= 11 is 0. The summed E-state index contributed by atoms with van der Waals surface area (Å²) in [7, 11) is 0. The van der Waals surface area contributed by atoms with Gasteiger partial charge in [0.2, 0.25) is 0 Å². The van der Waals surface area contributed by atoms with Gasteiger partial charge in [0, 0.05) is 12.3 Å². The summed E-state index contributed by atoms with van der Waals surface area (Å²) in [5, 5.41) is 239. The van der Waals surface area contributed by atoms with Gasteiger partial charge in [0.05, 0.1) is 64.1 Å². The second-order valence-electron chi connectivity index (χ2n) is 32.3. The molecule has 46 unspecified atom stereocenters. The van der Waals surface area contributed by atoms with Gasteiger partial charge in [-0.05, 0) is 106 Å². The molecule has 0 aromatic rings. The molecule has 0 bridgehead atoms. The second-order valence-corrected chi connectivity index (χ2v) is 32.3. The van der Waals surface area contributed by atoms with Crippen LogP contribution in [-0.2, 0) is 71.1 Å². The molecule has 3 saturated carbocycles. The maximum absolute atomic E-state index is 12.3. The third-order valence-corrected chi connectivity index (χ3v) is 25.8. The number of ether oxygens (including phenoxy) is 15. The predicted octanol–water partition coefficient (Wildman–Crippen LogP) is -8.51. The highest BCUT2D eigenvalue weighted by molar-refractivity contribution is 5.27. The van der Waals surface area contributed by atoms with Gasteiger partial charge in [-0.2, -0.15) is 0 Å². The van der Waals surface area contributed by atoms with Gasteiger partial charge in [-0.1, -0.05) is 39.3 Å². The Balaban J connectivity index is 0.698. The zero-order valence-electron chi connectivity index (χ0n) is 60.0. The molecule has 612 valence electrons. The summed E-state index contributed by atoms with van der Waals surface area (Å²) < 4.78 is 90.3. The van der Waals surface area contributed by atoms with E-state index in [1.54, 1.807) is 0 Å². The van der Waals surface area contributed by atoms with Crippen molar-refractivity contribution >= 4 is 0 Å². The molecule has 0 spiro atoms. The average molecular weight is 1540 g/mol. The maximum atomic E-state index is 12.3. The highest BCUT2D eigenvalue weighted by Gasteiger charge is 2.69. The van der Waals surface area contributed by atoms with Crippen LogP contribution in [0, 0.1) is 46.3 Å². The van der Waals surface area contributed by atoms with Crippen molar-refractivity contribution in [1.82, 2.24) is 0 Å². The van der Waals surface area contributed by atoms with E-state index in [1.807, 2.05) is 6.92 Å². The number of hydrogen-bond donors (Lipinski definition) is 22. The Morgan fingerprint density at radius 1 is 0.453 bits per heavy atom. The Labute approximate surface area is 611 Å². The van der Waals surface area contributed by atoms with Crippen LogP contribution in [0.5, 0.6) is 0 Å². The van der Waals surface area contributed by atoms with Gasteiger partial charge >= 0.3 is 0 Å². The summed E-state index contributed by atoms with van der Waals surface area (Å²) in [6.45, 7) is 7.60. The minimum atomic E-state index is -2.12. The summed E-state index contributed by atoms with van der Waals surface area (Å²) in [4.78, 5) is 0. The molecular weight excluding hydrogens is 1420 g/mol. The molecule has 12 aliphatic rings. The van der Waals surface area contributed by atoms with Gasteiger partial charge in [-0.15, -0.1) is 0 Å². The first kappa shape index (κ1) is 83.7. The average Bonchev–Trinajstić information content (AvgIpc) is 1.52. The molecule has 8 heterocycles. The third kappa shape index (κ3) is 15.7. The van der Waals surface area contributed by atoms with Crippen molar-refractivity contribution in [3.63, 3.8) is 0 Å². The quantitative estimate of drug-likeness (QED) is 0.0423. The van der Waals surface area contributed by atoms with Crippen molar-refractivity contribution in [2.24, 2.45) is 46.3 Å². The number of aliphatic hydroxyl groups excluding tert-OH is 21. The molecule has 8 saturated heterocycles. The first-order chi connectivity index (χ1) is 50.1. The standard InChI is InChI=1S/C69H114O37/c1-23(21-92-61-50(85)44(79)39(74)33(17-70)97-61)9-14-69(91)24(2)38-32(106-69)16-31-29-8-7-27-15-28(10-12-67(27,5)30(29)11-13-68(31,38)6)96-66-59(58(43(78)36(20-73)100-66)104-64-52(87)46(81)41(76)35(19-72)99-64)105-65-53(88)47(82)42(77)37(101-65)22-93-60-54(89)48(83)56(25(3)94-60)102-62-55(90)49(84)57(26(4)95-62)103-63-51(86)45(80)40(75)34(18-71)98-63/h7,23-26,28-66,70-91H,8-22H2,1-6H3. The molecular formula is C69H114O37. The van der Waals surface area contributed by atoms with Gasteiger partial charge in [-0.3, -0.25) is 0 Å². The fraction of sp³-hybridized carbons (Fsp3) is 0.971. The minimum Gasteiger partial charge on any atom is -0.394 e. The van der Waals surface area contributed by atoms with Gasteiger partial charge in [0.25, 0.3) is 0 Å². The van der Waals surface area contributed by atoms with Gasteiger partial charge in [0.15, 0.2) is 49.8 Å².